The molecule has 4 heteroatoms. The first kappa shape index (κ1) is 18.2. The fourth-order valence-corrected chi connectivity index (χ4v) is 2.08. The third-order valence-electron chi connectivity index (χ3n) is 3.39. The number of carbonyl (C=O) groups excluding carboxylic acids is 1. The van der Waals surface area contributed by atoms with Crippen molar-refractivity contribution in [3.63, 3.8) is 0 Å². The number of allylic oxidation sites excluding steroid dienone is 2. The van der Waals surface area contributed by atoms with E-state index in [1.165, 1.54) is 0 Å². The van der Waals surface area contributed by atoms with Crippen LogP contribution in [0.15, 0.2) is 34.5 Å². The number of rotatable bonds is 8. The molecule has 1 aromatic rings. The summed E-state index contributed by atoms with van der Waals surface area (Å²) in [5.74, 6) is -0.0978. The Morgan fingerprint density at radius 1 is 1.32 bits per heavy atom. The van der Waals surface area contributed by atoms with Crippen molar-refractivity contribution in [1.29, 1.82) is 0 Å². The fourth-order valence-electron chi connectivity index (χ4n) is 2.08. The first-order chi connectivity index (χ1) is 10.5. The molecule has 0 fully saturated rings. The monoisotopic (exact) mass is 304 g/mol. The molecule has 1 aromatic carbocycles. The summed E-state index contributed by atoms with van der Waals surface area (Å²) in [5, 5.41) is 3.27. The predicted molar refractivity (Wildman–Crippen MR) is 89.9 cm³/mol. The van der Waals surface area contributed by atoms with Crippen molar-refractivity contribution in [2.45, 2.75) is 40.5 Å². The van der Waals surface area contributed by atoms with Gasteiger partial charge in [0.15, 0.2) is 6.29 Å². The van der Waals surface area contributed by atoms with Crippen LogP contribution in [0, 0.1) is 12.7 Å². The second-order valence-electron chi connectivity index (χ2n) is 5.68. The molecule has 0 saturated carbocycles. The molecule has 0 aromatic heterocycles. The van der Waals surface area contributed by atoms with Gasteiger partial charge in [-0.25, -0.2) is 4.39 Å². The van der Waals surface area contributed by atoms with Crippen molar-refractivity contribution in [3.05, 3.63) is 46.4 Å². The summed E-state index contributed by atoms with van der Waals surface area (Å²) in [4.78, 5) is 15.1. The first-order valence-corrected chi connectivity index (χ1v) is 7.57. The standard InChI is InChI=1S/C18H25FN2O/c1-13(2)17(12-22)21-15(4)11-20-10-6-9-16-8-5-7-14(3)18(16)19/h5,7-8,12,20H,6,9-11H2,1-4H3. The molecule has 3 nitrogen and oxygen atoms in total. The van der Waals surface area contributed by atoms with Gasteiger partial charge in [0.2, 0.25) is 0 Å². The molecule has 0 aliphatic heterocycles. The summed E-state index contributed by atoms with van der Waals surface area (Å²) in [6.45, 7) is 8.81. The third kappa shape index (κ3) is 5.90. The average Bonchev–Trinajstić information content (AvgIpc) is 2.48. The lowest BCUT2D eigenvalue weighted by Gasteiger charge is -2.07. The normalized spacial score (nSPS) is 11.4. The molecule has 0 saturated heterocycles. The maximum absolute atomic E-state index is 13.8. The highest BCUT2D eigenvalue weighted by molar-refractivity contribution is 5.88. The number of aldehydes is 1. The molecule has 0 heterocycles. The molecular weight excluding hydrogens is 279 g/mol. The van der Waals surface area contributed by atoms with Crippen LogP contribution in [0.3, 0.4) is 0 Å². The highest BCUT2D eigenvalue weighted by atomic mass is 19.1. The molecule has 0 spiro atoms. The lowest BCUT2D eigenvalue weighted by molar-refractivity contribution is -0.105. The molecule has 1 rings (SSSR count). The van der Waals surface area contributed by atoms with E-state index in [1.54, 1.807) is 13.0 Å². The lowest BCUT2D eigenvalue weighted by atomic mass is 10.1. The van der Waals surface area contributed by atoms with Crippen LogP contribution in [0.4, 0.5) is 4.39 Å². The van der Waals surface area contributed by atoms with E-state index in [9.17, 15) is 9.18 Å². The molecule has 0 bridgehead atoms. The Labute approximate surface area is 132 Å². The van der Waals surface area contributed by atoms with Gasteiger partial charge in [0.05, 0.1) is 0 Å². The second-order valence-corrected chi connectivity index (χ2v) is 5.68. The first-order valence-electron chi connectivity index (χ1n) is 7.57. The van der Waals surface area contributed by atoms with Crippen molar-refractivity contribution in [3.8, 4) is 0 Å². The van der Waals surface area contributed by atoms with Crippen LogP contribution in [0.5, 0.6) is 0 Å². The minimum absolute atomic E-state index is 0.0978. The van der Waals surface area contributed by atoms with Gasteiger partial charge in [0, 0.05) is 12.3 Å². The highest BCUT2D eigenvalue weighted by Crippen LogP contribution is 2.13. The molecular formula is C18H25FN2O. The Balaban J connectivity index is 2.37. The molecule has 1 N–H and O–H groups in total. The van der Waals surface area contributed by atoms with E-state index in [4.69, 9.17) is 0 Å². The van der Waals surface area contributed by atoms with Gasteiger partial charge in [0.25, 0.3) is 0 Å². The Bertz CT molecular complexity index is 572. The van der Waals surface area contributed by atoms with E-state index >= 15 is 0 Å². The van der Waals surface area contributed by atoms with Crippen LogP contribution in [0.25, 0.3) is 0 Å². The maximum Gasteiger partial charge on any atom is 0.168 e. The van der Waals surface area contributed by atoms with E-state index in [1.807, 2.05) is 32.9 Å². The second kappa shape index (κ2) is 9.26. The number of nitrogens with zero attached hydrogens (tertiary/aromatic N) is 1. The Morgan fingerprint density at radius 3 is 2.68 bits per heavy atom. The van der Waals surface area contributed by atoms with Gasteiger partial charge in [-0.3, -0.25) is 9.79 Å². The zero-order valence-corrected chi connectivity index (χ0v) is 13.9. The number of benzene rings is 1. The Hall–Kier alpha value is -1.81. The summed E-state index contributed by atoms with van der Waals surface area (Å²) in [6, 6.07) is 5.50. The van der Waals surface area contributed by atoms with E-state index in [-0.39, 0.29) is 5.82 Å². The SMILES string of the molecule is CC(CNCCCc1cccc(C)c1F)=NC(C=O)=C(C)C. The van der Waals surface area contributed by atoms with Crippen molar-refractivity contribution in [1.82, 2.24) is 5.32 Å². The van der Waals surface area contributed by atoms with Gasteiger partial charge in [0.1, 0.15) is 11.5 Å². The minimum atomic E-state index is -0.0978. The van der Waals surface area contributed by atoms with E-state index in [0.29, 0.717) is 24.2 Å². The van der Waals surface area contributed by atoms with E-state index in [0.717, 1.165) is 36.1 Å². The quantitative estimate of drug-likeness (QED) is 0.345. The van der Waals surface area contributed by atoms with E-state index in [2.05, 4.69) is 10.3 Å². The van der Waals surface area contributed by atoms with Gasteiger partial charge in [-0.15, -0.1) is 0 Å². The molecule has 0 aliphatic carbocycles. The molecule has 0 amide bonds. The fraction of sp³-hybridized carbons (Fsp3) is 0.444. The highest BCUT2D eigenvalue weighted by Gasteiger charge is 2.04. The van der Waals surface area contributed by atoms with Crippen molar-refractivity contribution in [2.24, 2.45) is 4.99 Å². The summed E-state index contributed by atoms with van der Waals surface area (Å²) in [6.07, 6.45) is 2.35. The summed E-state index contributed by atoms with van der Waals surface area (Å²) in [7, 11) is 0. The van der Waals surface area contributed by atoms with Gasteiger partial charge in [-0.1, -0.05) is 18.2 Å². The van der Waals surface area contributed by atoms with Crippen LogP contribution in [0.1, 0.15) is 38.3 Å². The number of aryl methyl sites for hydroxylation is 2. The van der Waals surface area contributed by atoms with Crippen molar-refractivity contribution >= 4 is 12.0 Å². The maximum atomic E-state index is 13.8. The minimum Gasteiger partial charge on any atom is -0.311 e. The van der Waals surface area contributed by atoms with Crippen LogP contribution in [-0.2, 0) is 11.2 Å². The van der Waals surface area contributed by atoms with Crippen molar-refractivity contribution in [2.75, 3.05) is 13.1 Å². The summed E-state index contributed by atoms with van der Waals surface area (Å²) in [5.41, 5.74) is 3.71. The molecule has 22 heavy (non-hydrogen) atoms. The number of halogens is 1. The number of nitrogens with one attached hydrogen (secondary N) is 1. The molecule has 0 unspecified atom stereocenters. The van der Waals surface area contributed by atoms with Crippen molar-refractivity contribution < 1.29 is 9.18 Å². The largest absolute Gasteiger partial charge is 0.311 e. The van der Waals surface area contributed by atoms with Crippen LogP contribution in [0.2, 0.25) is 0 Å². The number of hydrogen-bond acceptors (Lipinski definition) is 3. The zero-order valence-electron chi connectivity index (χ0n) is 13.9. The molecule has 0 aliphatic rings. The topological polar surface area (TPSA) is 41.5 Å². The number of hydrogen-bond donors (Lipinski definition) is 1. The molecule has 0 radical (unpaired) electrons. The number of carbonyl (C=O) groups is 1. The van der Waals surface area contributed by atoms with Gasteiger partial charge in [-0.2, -0.15) is 0 Å². The predicted octanol–water partition coefficient (Wildman–Crippen LogP) is 3.61. The Morgan fingerprint density at radius 2 is 2.05 bits per heavy atom. The van der Waals surface area contributed by atoms with Crippen LogP contribution >= 0.6 is 0 Å². The lowest BCUT2D eigenvalue weighted by Crippen LogP contribution is -2.23. The zero-order chi connectivity index (χ0) is 16.5. The molecule has 120 valence electrons. The summed E-state index contributed by atoms with van der Waals surface area (Å²) >= 11 is 0. The van der Waals surface area contributed by atoms with Gasteiger partial charge < -0.3 is 5.32 Å². The van der Waals surface area contributed by atoms with E-state index < -0.39 is 0 Å². The summed E-state index contributed by atoms with van der Waals surface area (Å²) < 4.78 is 13.8. The average molecular weight is 304 g/mol. The van der Waals surface area contributed by atoms with Crippen LogP contribution in [-0.4, -0.2) is 25.1 Å². The third-order valence-corrected chi connectivity index (χ3v) is 3.39. The smallest absolute Gasteiger partial charge is 0.168 e. The number of aliphatic imine (C=N–C) groups is 1. The molecule has 0 atom stereocenters. The van der Waals surface area contributed by atoms with Gasteiger partial charge >= 0.3 is 0 Å². The van der Waals surface area contributed by atoms with Crippen LogP contribution < -0.4 is 5.32 Å². The van der Waals surface area contributed by atoms with Gasteiger partial charge in [-0.05, 0) is 63.8 Å². The Kier molecular flexibility index (Phi) is 7.67.